The van der Waals surface area contributed by atoms with Gasteiger partial charge < -0.3 is 14.6 Å². The number of aliphatic hydroxyl groups excluding tert-OH is 1. The van der Waals surface area contributed by atoms with E-state index in [0.717, 1.165) is 0 Å². The number of hydrogen-bond acceptors (Lipinski definition) is 6. The minimum atomic E-state index is -1.32. The molecule has 2 N–H and O–H groups in total. The molecule has 0 radical (unpaired) electrons. The minimum absolute atomic E-state index is 0.329. The van der Waals surface area contributed by atoms with Crippen LogP contribution < -0.4 is 14.9 Å². The summed E-state index contributed by atoms with van der Waals surface area (Å²) >= 11 is 0. The fraction of sp³-hybridized carbons (Fsp3) is 0.0870. The molecule has 0 saturated carbocycles. The van der Waals surface area contributed by atoms with Crippen LogP contribution in [0.2, 0.25) is 0 Å². The number of carbonyl (C=O) groups excluding carboxylic acids is 2. The van der Waals surface area contributed by atoms with E-state index >= 15 is 0 Å². The Morgan fingerprint density at radius 3 is 2.40 bits per heavy atom. The highest BCUT2D eigenvalue weighted by Crippen LogP contribution is 2.17. The van der Waals surface area contributed by atoms with Gasteiger partial charge in [0.15, 0.2) is 6.10 Å². The number of carbonyl (C=O) groups is 2. The van der Waals surface area contributed by atoms with Gasteiger partial charge in [0.2, 0.25) is 0 Å². The lowest BCUT2D eigenvalue weighted by atomic mass is 10.1. The Balaban J connectivity index is 1.59. The molecule has 0 heterocycles. The van der Waals surface area contributed by atoms with E-state index in [2.05, 4.69) is 10.5 Å². The lowest BCUT2D eigenvalue weighted by Crippen LogP contribution is -2.25. The van der Waals surface area contributed by atoms with E-state index in [1.165, 1.54) is 6.21 Å². The summed E-state index contributed by atoms with van der Waals surface area (Å²) in [6, 6.07) is 21.8. The Labute approximate surface area is 173 Å². The number of ether oxygens (including phenoxy) is 2. The molecule has 152 valence electrons. The Morgan fingerprint density at radius 2 is 1.70 bits per heavy atom. The molecule has 3 aromatic carbocycles. The van der Waals surface area contributed by atoms with Crippen molar-refractivity contribution in [3.63, 3.8) is 0 Å². The predicted molar refractivity (Wildman–Crippen MR) is 112 cm³/mol. The Hall–Kier alpha value is -3.97. The van der Waals surface area contributed by atoms with Crippen molar-refractivity contribution < 1.29 is 24.2 Å². The molecule has 0 spiro atoms. The summed E-state index contributed by atoms with van der Waals surface area (Å²) in [5, 5.41) is 13.9. The quantitative estimate of drug-likeness (QED) is 0.273. The number of rotatable bonds is 7. The van der Waals surface area contributed by atoms with E-state index in [4.69, 9.17) is 9.47 Å². The highest BCUT2D eigenvalue weighted by molar-refractivity contribution is 5.91. The molecule has 3 aromatic rings. The topological polar surface area (TPSA) is 97.2 Å². The van der Waals surface area contributed by atoms with Crippen LogP contribution in [0.5, 0.6) is 11.5 Å². The Morgan fingerprint density at radius 1 is 0.967 bits per heavy atom. The zero-order valence-corrected chi connectivity index (χ0v) is 16.2. The number of methoxy groups -OCH3 is 1. The number of esters is 1. The molecule has 30 heavy (non-hydrogen) atoms. The van der Waals surface area contributed by atoms with Gasteiger partial charge in [0, 0.05) is 0 Å². The number of benzene rings is 3. The Bertz CT molecular complexity index is 1030. The molecular formula is C23H20N2O5. The van der Waals surface area contributed by atoms with Crippen molar-refractivity contribution in [1.29, 1.82) is 0 Å². The van der Waals surface area contributed by atoms with Crippen LogP contribution in [0.3, 0.4) is 0 Å². The van der Waals surface area contributed by atoms with Crippen molar-refractivity contribution in [2.45, 2.75) is 6.10 Å². The molecule has 1 atom stereocenters. The first-order valence-electron chi connectivity index (χ1n) is 9.09. The lowest BCUT2D eigenvalue weighted by molar-refractivity contribution is -0.129. The van der Waals surface area contributed by atoms with Crippen LogP contribution in [-0.4, -0.2) is 30.3 Å². The highest BCUT2D eigenvalue weighted by atomic mass is 16.5. The summed E-state index contributed by atoms with van der Waals surface area (Å²) < 4.78 is 10.4. The second-order valence-electron chi connectivity index (χ2n) is 6.24. The average Bonchev–Trinajstić information content (AvgIpc) is 2.79. The molecule has 7 nitrogen and oxygen atoms in total. The van der Waals surface area contributed by atoms with Gasteiger partial charge in [0.25, 0.3) is 5.91 Å². The van der Waals surface area contributed by atoms with Gasteiger partial charge >= 0.3 is 5.97 Å². The first kappa shape index (κ1) is 20.8. The van der Waals surface area contributed by atoms with E-state index in [1.54, 1.807) is 86.0 Å². The second kappa shape index (κ2) is 9.99. The average molecular weight is 404 g/mol. The zero-order valence-electron chi connectivity index (χ0n) is 16.2. The van der Waals surface area contributed by atoms with Crippen LogP contribution in [0.1, 0.15) is 27.6 Å². The van der Waals surface area contributed by atoms with Gasteiger partial charge in [-0.1, -0.05) is 42.5 Å². The van der Waals surface area contributed by atoms with Crippen LogP contribution in [0.4, 0.5) is 0 Å². The molecule has 0 aliphatic carbocycles. The smallest absolute Gasteiger partial charge is 0.343 e. The zero-order chi connectivity index (χ0) is 21.3. The summed E-state index contributed by atoms with van der Waals surface area (Å²) in [6.07, 6.45) is 0.0699. The molecule has 0 fully saturated rings. The van der Waals surface area contributed by atoms with Crippen molar-refractivity contribution >= 4 is 18.1 Å². The van der Waals surface area contributed by atoms with E-state index in [9.17, 15) is 14.7 Å². The number of nitrogens with zero attached hydrogens (tertiary/aromatic N) is 1. The van der Waals surface area contributed by atoms with Gasteiger partial charge in [-0.3, -0.25) is 4.79 Å². The molecule has 1 unspecified atom stereocenters. The summed E-state index contributed by atoms with van der Waals surface area (Å²) in [6.45, 7) is 0. The molecule has 0 saturated heterocycles. The maximum atomic E-state index is 12.3. The SMILES string of the molecule is COc1ccc(C(=O)Oc2cccc(C=NNC(=O)C(O)c3ccccc3)c2)cc1. The molecule has 7 heteroatoms. The third-order valence-corrected chi connectivity index (χ3v) is 4.15. The summed E-state index contributed by atoms with van der Waals surface area (Å²) in [5.41, 5.74) is 3.74. The first-order chi connectivity index (χ1) is 14.6. The van der Waals surface area contributed by atoms with Crippen LogP contribution in [-0.2, 0) is 4.79 Å². The number of nitrogens with one attached hydrogen (secondary N) is 1. The van der Waals surface area contributed by atoms with Crippen molar-refractivity contribution in [1.82, 2.24) is 5.43 Å². The van der Waals surface area contributed by atoms with Gasteiger partial charge in [-0.2, -0.15) is 5.10 Å². The number of hydrogen-bond donors (Lipinski definition) is 2. The third kappa shape index (κ3) is 5.52. The largest absolute Gasteiger partial charge is 0.497 e. The molecule has 3 rings (SSSR count). The van der Waals surface area contributed by atoms with Crippen molar-refractivity contribution in [3.05, 3.63) is 95.6 Å². The second-order valence-corrected chi connectivity index (χ2v) is 6.24. The Kier molecular flexibility index (Phi) is 6.91. The number of hydrazone groups is 1. The highest BCUT2D eigenvalue weighted by Gasteiger charge is 2.16. The first-order valence-corrected chi connectivity index (χ1v) is 9.09. The van der Waals surface area contributed by atoms with Crippen LogP contribution in [0, 0.1) is 0 Å². The van der Waals surface area contributed by atoms with Crippen LogP contribution >= 0.6 is 0 Å². The van der Waals surface area contributed by atoms with Crippen molar-refractivity contribution in [3.8, 4) is 11.5 Å². The lowest BCUT2D eigenvalue weighted by Gasteiger charge is -2.08. The monoisotopic (exact) mass is 404 g/mol. The van der Waals surface area contributed by atoms with E-state index in [0.29, 0.717) is 28.2 Å². The standard InChI is InChI=1S/C23H20N2O5/c1-29-19-12-10-18(11-13-19)23(28)30-20-9-5-6-16(14-20)15-24-25-22(27)21(26)17-7-3-2-4-8-17/h2-15,21,26H,1H3,(H,25,27). The van der Waals surface area contributed by atoms with Crippen LogP contribution in [0.15, 0.2) is 84.0 Å². The molecule has 0 bridgehead atoms. The third-order valence-electron chi connectivity index (χ3n) is 4.15. The minimum Gasteiger partial charge on any atom is -0.497 e. The molecule has 0 aliphatic rings. The van der Waals surface area contributed by atoms with Gasteiger partial charge in [-0.15, -0.1) is 0 Å². The maximum absolute atomic E-state index is 12.3. The van der Waals surface area contributed by atoms with E-state index in [-0.39, 0.29) is 0 Å². The van der Waals surface area contributed by atoms with E-state index in [1.807, 2.05) is 0 Å². The molecule has 0 aromatic heterocycles. The van der Waals surface area contributed by atoms with Gasteiger partial charge in [-0.25, -0.2) is 10.2 Å². The number of amides is 1. The fourth-order valence-electron chi connectivity index (χ4n) is 2.57. The summed E-state index contributed by atoms with van der Waals surface area (Å²) in [4.78, 5) is 24.3. The normalized spacial score (nSPS) is 11.7. The maximum Gasteiger partial charge on any atom is 0.343 e. The van der Waals surface area contributed by atoms with Crippen molar-refractivity contribution in [2.75, 3.05) is 7.11 Å². The predicted octanol–water partition coefficient (Wildman–Crippen LogP) is 3.10. The van der Waals surface area contributed by atoms with Gasteiger partial charge in [0.1, 0.15) is 11.5 Å². The molecule has 0 aliphatic heterocycles. The number of aliphatic hydroxyl groups is 1. The summed E-state index contributed by atoms with van der Waals surface area (Å²) in [7, 11) is 1.55. The van der Waals surface area contributed by atoms with Gasteiger partial charge in [0.05, 0.1) is 18.9 Å². The molecular weight excluding hydrogens is 384 g/mol. The summed E-state index contributed by atoms with van der Waals surface area (Å²) in [5.74, 6) is -0.190. The molecule has 1 amide bonds. The van der Waals surface area contributed by atoms with Crippen molar-refractivity contribution in [2.24, 2.45) is 5.10 Å². The van der Waals surface area contributed by atoms with E-state index < -0.39 is 18.0 Å². The van der Waals surface area contributed by atoms with Gasteiger partial charge in [-0.05, 0) is 47.5 Å². The fourth-order valence-corrected chi connectivity index (χ4v) is 2.57. The van der Waals surface area contributed by atoms with Crippen LogP contribution in [0.25, 0.3) is 0 Å².